The van der Waals surface area contributed by atoms with Crippen LogP contribution in [0.3, 0.4) is 0 Å². The molecule has 187 valence electrons. The normalized spacial score (nSPS) is 10.7. The first-order valence-electron chi connectivity index (χ1n) is 8.99. The van der Waals surface area contributed by atoms with Gasteiger partial charge in [-0.05, 0) is 0 Å². The van der Waals surface area contributed by atoms with Crippen LogP contribution in [-0.2, 0) is 13.1 Å². The molecule has 0 N–H and O–H groups in total. The van der Waals surface area contributed by atoms with Crippen molar-refractivity contribution in [2.45, 2.75) is 0 Å². The molecule has 0 atom stereocenters. The van der Waals surface area contributed by atoms with Gasteiger partial charge < -0.3 is 4.98 Å². The Morgan fingerprint density at radius 1 is 0.639 bits per heavy atom. The van der Waals surface area contributed by atoms with Crippen LogP contribution in [0, 0.1) is 40.5 Å². The second kappa shape index (κ2) is 13.0. The van der Waals surface area contributed by atoms with Crippen LogP contribution in [0.4, 0.5) is 34.1 Å². The second-order valence-corrected chi connectivity index (χ2v) is 8.13. The van der Waals surface area contributed by atoms with Crippen LogP contribution >= 0.6 is 20.2 Å². The zero-order valence-electron chi connectivity index (χ0n) is 17.3. The molecule has 0 unspecified atom stereocenters. The predicted molar refractivity (Wildman–Crippen MR) is 125 cm³/mol. The minimum absolute atomic E-state index is 0.0296. The standard InChI is InChI=1S/C18H10N7O8.2ClH.Fe/c26-22(27)15-3-13(4-16(7-15)23(28)29)19-9-11-1-2-12(21-11)10-20-14-5-17(24(30)31)8-18(6-14)25(32)33;;;/h1-10H;2*1H;/q-1;;;+3/p-2. The van der Waals surface area contributed by atoms with Gasteiger partial charge in [0.25, 0.3) is 22.7 Å². The summed E-state index contributed by atoms with van der Waals surface area (Å²) in [7, 11) is 9.53. The molecule has 0 amide bonds. The molecule has 0 aliphatic heterocycles. The number of halogens is 2. The summed E-state index contributed by atoms with van der Waals surface area (Å²) in [5.74, 6) is 0. The van der Waals surface area contributed by atoms with Crippen molar-refractivity contribution in [1.29, 1.82) is 0 Å². The van der Waals surface area contributed by atoms with E-state index in [1.54, 1.807) is 0 Å². The van der Waals surface area contributed by atoms with Gasteiger partial charge in [-0.2, -0.15) is 0 Å². The SMILES string of the molecule is O=[N+]([O-])c1cc(N=Cc2ccc(C=Nc3cc([N+](=O)[O-])cc([N+](=O)[O-])c3)[n-]2)cc([N+](=O)[O-])c1.[Cl][Fe+][Cl]. The van der Waals surface area contributed by atoms with Crippen molar-refractivity contribution >= 4 is 66.7 Å². The van der Waals surface area contributed by atoms with E-state index < -0.39 is 42.4 Å². The zero-order valence-corrected chi connectivity index (χ0v) is 19.9. The van der Waals surface area contributed by atoms with Crippen LogP contribution in [0.5, 0.6) is 0 Å². The molecule has 3 aromatic rings. The number of benzene rings is 2. The van der Waals surface area contributed by atoms with Crippen LogP contribution in [0.2, 0.25) is 0 Å². The average Bonchev–Trinajstić information content (AvgIpc) is 3.29. The van der Waals surface area contributed by atoms with Crippen molar-refractivity contribution < 1.29 is 32.8 Å². The number of nitrogens with zero attached hydrogens (tertiary/aromatic N) is 7. The maximum atomic E-state index is 10.9. The Morgan fingerprint density at radius 3 is 1.17 bits per heavy atom. The van der Waals surface area contributed by atoms with Crippen molar-refractivity contribution in [2.24, 2.45) is 9.98 Å². The molecule has 36 heavy (non-hydrogen) atoms. The first-order valence-corrected chi connectivity index (χ1v) is 12.0. The molecule has 0 aliphatic rings. The molecule has 0 radical (unpaired) electrons. The van der Waals surface area contributed by atoms with E-state index in [-0.39, 0.29) is 35.9 Å². The summed E-state index contributed by atoms with van der Waals surface area (Å²) in [6.07, 6.45) is 2.44. The molecule has 1 heterocycles. The van der Waals surface area contributed by atoms with Crippen LogP contribution in [-0.4, -0.2) is 32.1 Å². The van der Waals surface area contributed by atoms with E-state index in [1.807, 2.05) is 0 Å². The molecule has 0 saturated heterocycles. The Bertz CT molecular complexity index is 1210. The first-order chi connectivity index (χ1) is 17.0. The molecular weight excluding hydrogens is 569 g/mol. The van der Waals surface area contributed by atoms with Gasteiger partial charge >= 0.3 is 33.3 Å². The first kappa shape index (κ1) is 28.0. The Hall–Kier alpha value is -4.24. The van der Waals surface area contributed by atoms with E-state index in [9.17, 15) is 40.5 Å². The molecule has 0 spiro atoms. The fraction of sp³-hybridized carbons (Fsp3) is 0. The number of non-ortho nitro benzene ring substituents is 4. The molecule has 18 heteroatoms. The van der Waals surface area contributed by atoms with E-state index >= 15 is 0 Å². The van der Waals surface area contributed by atoms with Gasteiger partial charge in [-0.3, -0.25) is 50.4 Å². The van der Waals surface area contributed by atoms with Crippen molar-refractivity contribution in [3.8, 4) is 0 Å². The minimum atomic E-state index is -0.778. The zero-order chi connectivity index (χ0) is 26.8. The summed E-state index contributed by atoms with van der Waals surface area (Å²) in [4.78, 5) is 52.7. The summed E-state index contributed by atoms with van der Waals surface area (Å²) >= 11 is 0.194. The molecule has 15 nitrogen and oxygen atoms in total. The van der Waals surface area contributed by atoms with Gasteiger partial charge in [0.1, 0.15) is 0 Å². The number of aliphatic imine (C=N–C) groups is 2. The van der Waals surface area contributed by atoms with E-state index in [4.69, 9.17) is 20.2 Å². The summed E-state index contributed by atoms with van der Waals surface area (Å²) in [5.41, 5.74) is -1.46. The van der Waals surface area contributed by atoms with Gasteiger partial charge in [-0.1, -0.05) is 12.1 Å². The van der Waals surface area contributed by atoms with Crippen LogP contribution in [0.25, 0.3) is 0 Å². The predicted octanol–water partition coefficient (Wildman–Crippen LogP) is 5.15. The number of hydrogen-bond donors (Lipinski definition) is 0. The third-order valence-electron chi connectivity index (χ3n) is 3.99. The van der Waals surface area contributed by atoms with Gasteiger partial charge in [0.05, 0.1) is 43.2 Å². The van der Waals surface area contributed by atoms with Crippen LogP contribution < -0.4 is 4.98 Å². The number of aromatic nitrogens is 1. The van der Waals surface area contributed by atoms with E-state index in [2.05, 4.69) is 15.0 Å². The monoisotopic (exact) mass is 578 g/mol. The Kier molecular flexibility index (Phi) is 10.1. The molecule has 1 aromatic heterocycles. The van der Waals surface area contributed by atoms with Crippen molar-refractivity contribution in [3.05, 3.63) is 100 Å². The Balaban J connectivity index is 0.00000145. The van der Waals surface area contributed by atoms with Crippen molar-refractivity contribution in [3.63, 3.8) is 0 Å². The fourth-order valence-corrected chi connectivity index (χ4v) is 2.55. The van der Waals surface area contributed by atoms with Gasteiger partial charge in [-0.25, -0.2) is 0 Å². The van der Waals surface area contributed by atoms with Crippen molar-refractivity contribution in [2.75, 3.05) is 0 Å². The number of hydrogen-bond acceptors (Lipinski definition) is 10. The van der Waals surface area contributed by atoms with E-state index in [0.29, 0.717) is 0 Å². The van der Waals surface area contributed by atoms with Gasteiger partial charge in [0.15, 0.2) is 0 Å². The quantitative estimate of drug-likeness (QED) is 0.149. The summed E-state index contributed by atoms with van der Waals surface area (Å²) in [6, 6.07) is 8.88. The molecule has 0 bridgehead atoms. The maximum absolute atomic E-state index is 10.9. The topological polar surface area (TPSA) is 211 Å². The summed E-state index contributed by atoms with van der Waals surface area (Å²) in [6.45, 7) is 0. The molecular formula is C18H10Cl2FeN7O8. The van der Waals surface area contributed by atoms with E-state index in [1.165, 1.54) is 24.6 Å². The third-order valence-corrected chi connectivity index (χ3v) is 3.99. The summed E-state index contributed by atoms with van der Waals surface area (Å²) in [5, 5.41) is 43.8. The Morgan fingerprint density at radius 2 is 0.917 bits per heavy atom. The van der Waals surface area contributed by atoms with Gasteiger partial charge in [-0.15, -0.1) is 11.4 Å². The van der Waals surface area contributed by atoms with Gasteiger partial charge in [0.2, 0.25) is 0 Å². The molecule has 0 aliphatic carbocycles. The van der Waals surface area contributed by atoms with Crippen molar-refractivity contribution in [1.82, 2.24) is 4.98 Å². The fourth-order valence-electron chi connectivity index (χ4n) is 2.55. The molecule has 0 saturated carbocycles. The van der Waals surface area contributed by atoms with E-state index in [0.717, 1.165) is 36.4 Å². The third kappa shape index (κ3) is 8.21. The molecule has 0 fully saturated rings. The van der Waals surface area contributed by atoms with Crippen LogP contribution in [0.15, 0.2) is 58.5 Å². The number of nitro groups is 4. The number of rotatable bonds is 8. The average molecular weight is 579 g/mol. The Labute approximate surface area is 214 Å². The summed E-state index contributed by atoms with van der Waals surface area (Å²) < 4.78 is 0. The van der Waals surface area contributed by atoms with Crippen LogP contribution in [0.1, 0.15) is 11.4 Å². The number of nitro benzene ring substituents is 4. The molecule has 2 aromatic carbocycles. The second-order valence-electron chi connectivity index (χ2n) is 6.31. The molecule has 3 rings (SSSR count). The van der Waals surface area contributed by atoms with Gasteiger partial charge in [0, 0.05) is 36.7 Å².